The predicted molar refractivity (Wildman–Crippen MR) is 96.4 cm³/mol. The molecular formula is C18H38N2O4. The molecule has 144 valence electrons. The van der Waals surface area contributed by atoms with E-state index in [1.165, 1.54) is 57.8 Å². The first kappa shape index (κ1) is 23.3. The number of nitrogens with one attached hydrogen (secondary N) is 2. The van der Waals surface area contributed by atoms with Crippen molar-refractivity contribution in [2.45, 2.75) is 90.3 Å². The minimum Gasteiger partial charge on any atom is -0.634 e. The summed E-state index contributed by atoms with van der Waals surface area (Å²) in [5.41, 5.74) is 0. The fourth-order valence-electron chi connectivity index (χ4n) is 2.69. The molecule has 0 aromatic rings. The van der Waals surface area contributed by atoms with Gasteiger partial charge in [-0.3, -0.25) is 4.79 Å². The molecule has 0 heterocycles. The molecule has 0 bridgehead atoms. The fraction of sp³-hybridized carbons (Fsp3) is 0.944. The second-order valence-corrected chi connectivity index (χ2v) is 6.61. The van der Waals surface area contributed by atoms with Crippen LogP contribution in [0.1, 0.15) is 84.0 Å². The summed E-state index contributed by atoms with van der Waals surface area (Å²) in [5, 5.41) is 31.0. The van der Waals surface area contributed by atoms with E-state index in [1.54, 1.807) is 0 Å². The molecule has 0 fully saturated rings. The Bertz CT molecular complexity index is 288. The number of carbonyl (C=O) groups is 1. The van der Waals surface area contributed by atoms with Gasteiger partial charge in [-0.15, -0.1) is 0 Å². The van der Waals surface area contributed by atoms with Gasteiger partial charge in [0.2, 0.25) is 12.2 Å². The van der Waals surface area contributed by atoms with Crippen LogP contribution in [0.25, 0.3) is 0 Å². The number of hydroxylamine groups is 2. The van der Waals surface area contributed by atoms with E-state index in [1.807, 2.05) is 0 Å². The van der Waals surface area contributed by atoms with Crippen LogP contribution in [-0.4, -0.2) is 42.0 Å². The summed E-state index contributed by atoms with van der Waals surface area (Å²) in [6.45, 7) is 2.40. The number of carbonyl (C=O) groups excluding carboxylic acids is 1. The van der Waals surface area contributed by atoms with Crippen molar-refractivity contribution in [3.05, 3.63) is 5.21 Å². The summed E-state index contributed by atoms with van der Waals surface area (Å²) in [7, 11) is 0. The van der Waals surface area contributed by atoms with Crippen LogP contribution in [0.15, 0.2) is 0 Å². The first-order valence-corrected chi connectivity index (χ1v) is 9.70. The van der Waals surface area contributed by atoms with Crippen molar-refractivity contribution in [2.75, 3.05) is 19.6 Å². The standard InChI is InChI=1S/C18H38N2O4/c1-2-3-4-5-6-7-8-9-10-11-12-13-17(21)19-14-15-20(24)16-18(22)23/h18,20,22-23H,2-16H2,1H3,(H,19,21). The van der Waals surface area contributed by atoms with Crippen LogP contribution in [0.3, 0.4) is 0 Å². The first-order valence-electron chi connectivity index (χ1n) is 9.70. The molecule has 4 N–H and O–H groups in total. The van der Waals surface area contributed by atoms with Crippen molar-refractivity contribution in [2.24, 2.45) is 0 Å². The summed E-state index contributed by atoms with van der Waals surface area (Å²) in [4.78, 5) is 11.6. The Morgan fingerprint density at radius 3 is 1.96 bits per heavy atom. The van der Waals surface area contributed by atoms with Gasteiger partial charge in [-0.1, -0.05) is 71.1 Å². The Balaban J connectivity index is 3.26. The van der Waals surface area contributed by atoms with E-state index in [-0.39, 0.29) is 30.6 Å². The average molecular weight is 347 g/mol. The average Bonchev–Trinajstić information content (AvgIpc) is 2.52. The molecule has 0 aromatic heterocycles. The van der Waals surface area contributed by atoms with Crippen molar-refractivity contribution >= 4 is 5.91 Å². The zero-order valence-corrected chi connectivity index (χ0v) is 15.4. The van der Waals surface area contributed by atoms with E-state index in [0.717, 1.165) is 12.8 Å². The van der Waals surface area contributed by atoms with E-state index in [2.05, 4.69) is 12.2 Å². The minimum atomic E-state index is -1.59. The van der Waals surface area contributed by atoms with Gasteiger partial charge >= 0.3 is 0 Å². The Kier molecular flexibility index (Phi) is 16.7. The number of quaternary nitrogens is 1. The molecular weight excluding hydrogens is 308 g/mol. The molecule has 1 unspecified atom stereocenters. The van der Waals surface area contributed by atoms with Gasteiger partial charge in [0.1, 0.15) is 6.54 Å². The Hall–Kier alpha value is -0.690. The molecule has 0 spiro atoms. The van der Waals surface area contributed by atoms with Crippen molar-refractivity contribution in [3.8, 4) is 0 Å². The lowest BCUT2D eigenvalue weighted by atomic mass is 10.1. The lowest BCUT2D eigenvalue weighted by molar-refractivity contribution is -0.853. The van der Waals surface area contributed by atoms with Gasteiger partial charge in [0.05, 0.1) is 13.1 Å². The van der Waals surface area contributed by atoms with Gasteiger partial charge in [-0.05, 0) is 6.42 Å². The van der Waals surface area contributed by atoms with Gasteiger partial charge in [0, 0.05) is 6.42 Å². The fourth-order valence-corrected chi connectivity index (χ4v) is 2.69. The normalized spacial score (nSPS) is 12.5. The summed E-state index contributed by atoms with van der Waals surface area (Å²) in [6, 6.07) is 0. The van der Waals surface area contributed by atoms with Crippen LogP contribution in [0.5, 0.6) is 0 Å². The van der Waals surface area contributed by atoms with E-state index in [4.69, 9.17) is 10.2 Å². The second kappa shape index (κ2) is 17.1. The number of aliphatic hydroxyl groups excluding tert-OH is 1. The zero-order valence-electron chi connectivity index (χ0n) is 15.4. The lowest BCUT2D eigenvalue weighted by Crippen LogP contribution is -3.09. The van der Waals surface area contributed by atoms with Crippen LogP contribution >= 0.6 is 0 Å². The molecule has 0 aliphatic heterocycles. The van der Waals surface area contributed by atoms with Crippen LogP contribution < -0.4 is 10.4 Å². The molecule has 0 saturated heterocycles. The molecule has 1 amide bonds. The Morgan fingerprint density at radius 1 is 0.958 bits per heavy atom. The summed E-state index contributed by atoms with van der Waals surface area (Å²) in [5.74, 6) is -0.0247. The second-order valence-electron chi connectivity index (χ2n) is 6.61. The summed E-state index contributed by atoms with van der Waals surface area (Å²) in [6.07, 6.45) is 12.7. The lowest BCUT2D eigenvalue weighted by Gasteiger charge is -2.22. The summed E-state index contributed by atoms with van der Waals surface area (Å²) >= 11 is 0. The molecule has 0 rings (SSSR count). The largest absolute Gasteiger partial charge is 0.634 e. The number of aliphatic hydroxyl groups is 2. The number of rotatable bonds is 17. The highest BCUT2D eigenvalue weighted by molar-refractivity contribution is 5.75. The van der Waals surface area contributed by atoms with Crippen molar-refractivity contribution < 1.29 is 20.1 Å². The maximum absolute atomic E-state index is 11.6. The maximum atomic E-state index is 11.6. The monoisotopic (exact) mass is 346 g/mol. The predicted octanol–water partition coefficient (Wildman–Crippen LogP) is 1.50. The molecule has 6 nitrogen and oxygen atoms in total. The van der Waals surface area contributed by atoms with E-state index >= 15 is 0 Å². The molecule has 6 heteroatoms. The van der Waals surface area contributed by atoms with Crippen molar-refractivity contribution in [1.29, 1.82) is 0 Å². The highest BCUT2D eigenvalue weighted by Gasteiger charge is 2.05. The molecule has 0 aliphatic rings. The van der Waals surface area contributed by atoms with Crippen LogP contribution in [0.2, 0.25) is 0 Å². The number of hydrogen-bond acceptors (Lipinski definition) is 4. The number of hydrogen-bond donors (Lipinski definition) is 4. The smallest absolute Gasteiger partial charge is 0.220 e. The topological polar surface area (TPSA) is 97.1 Å². The third kappa shape index (κ3) is 17.7. The van der Waals surface area contributed by atoms with Crippen LogP contribution in [0.4, 0.5) is 0 Å². The minimum absolute atomic E-state index is 0.0247. The molecule has 0 radical (unpaired) electrons. The van der Waals surface area contributed by atoms with E-state index < -0.39 is 6.29 Å². The number of unbranched alkanes of at least 4 members (excludes halogenated alkanes) is 10. The van der Waals surface area contributed by atoms with E-state index in [9.17, 15) is 10.0 Å². The Morgan fingerprint density at radius 2 is 1.46 bits per heavy atom. The maximum Gasteiger partial charge on any atom is 0.220 e. The van der Waals surface area contributed by atoms with Gasteiger partial charge in [-0.25, -0.2) is 0 Å². The van der Waals surface area contributed by atoms with Crippen molar-refractivity contribution in [1.82, 2.24) is 5.32 Å². The van der Waals surface area contributed by atoms with Crippen LogP contribution in [0, 0.1) is 5.21 Å². The van der Waals surface area contributed by atoms with Gasteiger partial charge in [0.15, 0.2) is 0 Å². The molecule has 0 aliphatic carbocycles. The SMILES string of the molecule is CCCCCCCCCCCCCC(=O)NCC[NH+]([O-])CC(O)O. The zero-order chi connectivity index (χ0) is 18.0. The first-order chi connectivity index (χ1) is 11.6. The highest BCUT2D eigenvalue weighted by atomic mass is 16.5. The van der Waals surface area contributed by atoms with Gasteiger partial charge in [-0.2, -0.15) is 0 Å². The van der Waals surface area contributed by atoms with Gasteiger partial charge in [0.25, 0.3) is 0 Å². The van der Waals surface area contributed by atoms with Crippen molar-refractivity contribution in [3.63, 3.8) is 0 Å². The molecule has 24 heavy (non-hydrogen) atoms. The molecule has 0 aromatic carbocycles. The number of amides is 1. The van der Waals surface area contributed by atoms with E-state index in [0.29, 0.717) is 6.42 Å². The Labute approximate surface area is 147 Å². The van der Waals surface area contributed by atoms with Gasteiger partial charge < -0.3 is 25.8 Å². The third-order valence-corrected chi connectivity index (χ3v) is 4.14. The highest BCUT2D eigenvalue weighted by Crippen LogP contribution is 2.11. The molecule has 0 saturated carbocycles. The quantitative estimate of drug-likeness (QED) is 0.182. The van der Waals surface area contributed by atoms with Crippen LogP contribution in [-0.2, 0) is 4.79 Å². The summed E-state index contributed by atoms with van der Waals surface area (Å²) < 4.78 is 0. The molecule has 1 atom stereocenters. The third-order valence-electron chi connectivity index (χ3n) is 4.14.